The van der Waals surface area contributed by atoms with Gasteiger partial charge < -0.3 is 9.64 Å². The highest BCUT2D eigenvalue weighted by molar-refractivity contribution is 5.76. The summed E-state index contributed by atoms with van der Waals surface area (Å²) < 4.78 is 18.8. The van der Waals surface area contributed by atoms with Gasteiger partial charge in [-0.3, -0.25) is 9.69 Å². The number of nitrogens with zero attached hydrogens (tertiary/aromatic N) is 2. The first kappa shape index (κ1) is 16.4. The normalized spacial score (nSPS) is 25.7. The van der Waals surface area contributed by atoms with Gasteiger partial charge in [0.15, 0.2) is 0 Å². The van der Waals surface area contributed by atoms with Crippen LogP contribution in [-0.2, 0) is 9.53 Å². The molecule has 1 aromatic carbocycles. The number of halogens is 1. The second-order valence-electron chi connectivity index (χ2n) is 6.65. The molecule has 0 spiro atoms. The summed E-state index contributed by atoms with van der Waals surface area (Å²) in [5.74, 6) is 0.582. The fourth-order valence-corrected chi connectivity index (χ4v) is 3.65. The lowest BCUT2D eigenvalue weighted by Gasteiger charge is -2.29. The van der Waals surface area contributed by atoms with Gasteiger partial charge >= 0.3 is 0 Å². The Labute approximate surface area is 137 Å². The van der Waals surface area contributed by atoms with Crippen LogP contribution in [0.4, 0.5) is 4.39 Å². The van der Waals surface area contributed by atoms with E-state index in [0.29, 0.717) is 38.6 Å². The second kappa shape index (κ2) is 7.41. The first-order valence-corrected chi connectivity index (χ1v) is 8.48. The molecule has 0 aliphatic carbocycles. The molecule has 2 atom stereocenters. The highest BCUT2D eigenvalue weighted by Crippen LogP contribution is 2.35. The zero-order valence-electron chi connectivity index (χ0n) is 13.7. The number of hydrogen-bond acceptors (Lipinski definition) is 3. The highest BCUT2D eigenvalue weighted by Gasteiger charge is 2.31. The Morgan fingerprint density at radius 1 is 1.35 bits per heavy atom. The van der Waals surface area contributed by atoms with Crippen LogP contribution in [0.3, 0.4) is 0 Å². The fraction of sp³-hybridized carbons (Fsp3) is 0.611. The van der Waals surface area contributed by atoms with E-state index in [1.165, 1.54) is 6.07 Å². The Bertz CT molecular complexity index is 546. The first-order valence-electron chi connectivity index (χ1n) is 8.48. The molecule has 2 heterocycles. The molecule has 2 fully saturated rings. The number of morpholine rings is 1. The molecule has 2 saturated heterocycles. The zero-order chi connectivity index (χ0) is 16.2. The molecular weight excluding hydrogens is 295 g/mol. The van der Waals surface area contributed by atoms with E-state index in [0.717, 1.165) is 25.1 Å². The highest BCUT2D eigenvalue weighted by atomic mass is 19.1. The molecule has 1 amide bonds. The van der Waals surface area contributed by atoms with Crippen LogP contribution < -0.4 is 0 Å². The molecule has 3 rings (SSSR count). The molecule has 0 saturated carbocycles. The van der Waals surface area contributed by atoms with Gasteiger partial charge in [-0.1, -0.05) is 19.1 Å². The lowest BCUT2D eigenvalue weighted by molar-refractivity contribution is -0.135. The van der Waals surface area contributed by atoms with E-state index in [4.69, 9.17) is 4.74 Å². The molecule has 0 N–H and O–H groups in total. The van der Waals surface area contributed by atoms with Crippen molar-refractivity contribution in [1.29, 1.82) is 0 Å². The van der Waals surface area contributed by atoms with Crippen molar-refractivity contribution >= 4 is 5.91 Å². The van der Waals surface area contributed by atoms with E-state index < -0.39 is 0 Å². The molecule has 23 heavy (non-hydrogen) atoms. The quantitative estimate of drug-likeness (QED) is 0.854. The maximum atomic E-state index is 13.5. The largest absolute Gasteiger partial charge is 0.378 e. The van der Waals surface area contributed by atoms with Gasteiger partial charge in [0.1, 0.15) is 5.82 Å². The van der Waals surface area contributed by atoms with E-state index in [2.05, 4.69) is 11.8 Å². The minimum absolute atomic E-state index is 0.189. The van der Waals surface area contributed by atoms with Crippen molar-refractivity contribution in [1.82, 2.24) is 9.80 Å². The minimum Gasteiger partial charge on any atom is -0.378 e. The molecule has 4 nitrogen and oxygen atoms in total. The van der Waals surface area contributed by atoms with Gasteiger partial charge in [-0.25, -0.2) is 4.39 Å². The predicted molar refractivity (Wildman–Crippen MR) is 86.5 cm³/mol. The van der Waals surface area contributed by atoms with Gasteiger partial charge in [0.05, 0.1) is 13.2 Å². The molecule has 5 heteroatoms. The lowest BCUT2D eigenvalue weighted by Crippen LogP contribution is -2.42. The third-order valence-electron chi connectivity index (χ3n) is 4.82. The summed E-state index contributed by atoms with van der Waals surface area (Å²) in [4.78, 5) is 16.5. The fourth-order valence-electron chi connectivity index (χ4n) is 3.65. The summed E-state index contributed by atoms with van der Waals surface area (Å²) in [6.07, 6.45) is 1.55. The van der Waals surface area contributed by atoms with Crippen LogP contribution >= 0.6 is 0 Å². The van der Waals surface area contributed by atoms with Gasteiger partial charge in [0.2, 0.25) is 5.91 Å². The Balaban J connectivity index is 1.60. The summed E-state index contributed by atoms with van der Waals surface area (Å²) in [6.45, 7) is 6.59. The molecule has 0 aromatic heterocycles. The van der Waals surface area contributed by atoms with E-state index in [1.54, 1.807) is 12.1 Å². The van der Waals surface area contributed by atoms with Crippen molar-refractivity contribution in [3.8, 4) is 0 Å². The third kappa shape index (κ3) is 4.09. The monoisotopic (exact) mass is 320 g/mol. The topological polar surface area (TPSA) is 32.8 Å². The number of ether oxygens (including phenoxy) is 1. The number of carbonyl (C=O) groups is 1. The van der Waals surface area contributed by atoms with Gasteiger partial charge in [0, 0.05) is 38.6 Å². The average Bonchev–Trinajstić information content (AvgIpc) is 2.94. The average molecular weight is 320 g/mol. The molecule has 0 radical (unpaired) electrons. The van der Waals surface area contributed by atoms with Crippen LogP contribution in [0, 0.1) is 11.7 Å². The van der Waals surface area contributed by atoms with E-state index in [9.17, 15) is 9.18 Å². The van der Waals surface area contributed by atoms with Gasteiger partial charge in [-0.15, -0.1) is 0 Å². The van der Waals surface area contributed by atoms with Crippen LogP contribution in [0.1, 0.15) is 31.4 Å². The molecule has 2 aliphatic rings. The molecule has 1 aromatic rings. The molecule has 126 valence electrons. The van der Waals surface area contributed by atoms with Crippen LogP contribution in [0.25, 0.3) is 0 Å². The van der Waals surface area contributed by atoms with E-state index in [1.807, 2.05) is 11.0 Å². The molecule has 2 aliphatic heterocycles. The van der Waals surface area contributed by atoms with Crippen molar-refractivity contribution in [3.05, 3.63) is 35.6 Å². The Kier molecular flexibility index (Phi) is 5.28. The first-order chi connectivity index (χ1) is 11.1. The minimum atomic E-state index is -0.189. The summed E-state index contributed by atoms with van der Waals surface area (Å²) in [5.41, 5.74) is 1.02. The SMILES string of the molecule is C[C@H]1C[C@@H](c2cccc(F)c2)N(CCC(=O)N2CCOCC2)C1. The number of rotatable bonds is 4. The van der Waals surface area contributed by atoms with Crippen molar-refractivity contribution in [3.63, 3.8) is 0 Å². The van der Waals surface area contributed by atoms with Crippen LogP contribution in [0.15, 0.2) is 24.3 Å². The number of amides is 1. The maximum Gasteiger partial charge on any atom is 0.224 e. The number of benzene rings is 1. The van der Waals surface area contributed by atoms with Gasteiger partial charge in [0.25, 0.3) is 0 Å². The van der Waals surface area contributed by atoms with Crippen LogP contribution in [-0.4, -0.2) is 55.1 Å². The summed E-state index contributed by atoms with van der Waals surface area (Å²) in [5, 5.41) is 0. The lowest BCUT2D eigenvalue weighted by atomic mass is 10.0. The molecular formula is C18H25FN2O2. The second-order valence-corrected chi connectivity index (χ2v) is 6.65. The maximum absolute atomic E-state index is 13.5. The van der Waals surface area contributed by atoms with E-state index >= 15 is 0 Å². The van der Waals surface area contributed by atoms with Gasteiger partial charge in [-0.05, 0) is 30.0 Å². The van der Waals surface area contributed by atoms with Gasteiger partial charge in [-0.2, -0.15) is 0 Å². The Morgan fingerprint density at radius 3 is 2.87 bits per heavy atom. The summed E-state index contributed by atoms with van der Waals surface area (Å²) in [7, 11) is 0. The Hall–Kier alpha value is -1.46. The smallest absolute Gasteiger partial charge is 0.224 e. The zero-order valence-corrected chi connectivity index (χ0v) is 13.7. The van der Waals surface area contributed by atoms with Crippen molar-refractivity contribution < 1.29 is 13.9 Å². The van der Waals surface area contributed by atoms with Crippen molar-refractivity contribution in [2.24, 2.45) is 5.92 Å². The summed E-state index contributed by atoms with van der Waals surface area (Å²) >= 11 is 0. The van der Waals surface area contributed by atoms with Crippen LogP contribution in [0.5, 0.6) is 0 Å². The predicted octanol–water partition coefficient (Wildman–Crippen LogP) is 2.46. The Morgan fingerprint density at radius 2 is 2.13 bits per heavy atom. The standard InChI is InChI=1S/C18H25FN2O2/c1-14-11-17(15-3-2-4-16(19)12-15)21(13-14)6-5-18(22)20-7-9-23-10-8-20/h2-4,12,14,17H,5-11,13H2,1H3/t14-,17-/m0/s1. The van der Waals surface area contributed by atoms with E-state index in [-0.39, 0.29) is 17.8 Å². The number of likely N-dealkylation sites (tertiary alicyclic amines) is 1. The molecule has 0 bridgehead atoms. The number of carbonyl (C=O) groups excluding carboxylic acids is 1. The van der Waals surface area contributed by atoms with Crippen molar-refractivity contribution in [2.75, 3.05) is 39.4 Å². The third-order valence-corrected chi connectivity index (χ3v) is 4.82. The summed E-state index contributed by atoms with van der Waals surface area (Å²) in [6, 6.07) is 7.08. The van der Waals surface area contributed by atoms with Crippen molar-refractivity contribution in [2.45, 2.75) is 25.8 Å². The number of hydrogen-bond donors (Lipinski definition) is 0. The van der Waals surface area contributed by atoms with Crippen LogP contribution in [0.2, 0.25) is 0 Å². The molecule has 0 unspecified atom stereocenters.